The molecule has 1 amide bonds. The molecule has 0 atom stereocenters. The number of nitrogens with zero attached hydrogens (tertiary/aromatic N) is 3. The first-order valence-electron chi connectivity index (χ1n) is 10.4. The number of halogens is 1. The van der Waals surface area contributed by atoms with E-state index in [-0.39, 0.29) is 29.9 Å². The van der Waals surface area contributed by atoms with E-state index >= 15 is 0 Å². The van der Waals surface area contributed by atoms with Gasteiger partial charge < -0.3 is 9.64 Å². The van der Waals surface area contributed by atoms with Gasteiger partial charge in [-0.15, -0.1) is 0 Å². The SMILES string of the molecule is Cc1cccc(OCC(=O)N2CCC(c3n[nH]c(=O)n3Cc3ccc(F)cc3)CC2)c1. The van der Waals surface area contributed by atoms with Gasteiger partial charge >= 0.3 is 5.69 Å². The summed E-state index contributed by atoms with van der Waals surface area (Å²) in [5.41, 5.74) is 1.62. The predicted octanol–water partition coefficient (Wildman–Crippen LogP) is 2.85. The van der Waals surface area contributed by atoms with Gasteiger partial charge in [-0.05, 0) is 55.2 Å². The van der Waals surface area contributed by atoms with E-state index in [0.717, 1.165) is 11.1 Å². The topological polar surface area (TPSA) is 80.2 Å². The van der Waals surface area contributed by atoms with Gasteiger partial charge in [-0.1, -0.05) is 24.3 Å². The first kappa shape index (κ1) is 20.8. The number of aryl methyl sites for hydroxylation is 1. The molecule has 0 bridgehead atoms. The molecule has 1 N–H and O–H groups in total. The predicted molar refractivity (Wildman–Crippen MR) is 114 cm³/mol. The van der Waals surface area contributed by atoms with Crippen molar-refractivity contribution in [1.82, 2.24) is 19.7 Å². The molecule has 1 saturated heterocycles. The Morgan fingerprint density at radius 1 is 1.19 bits per heavy atom. The minimum Gasteiger partial charge on any atom is -0.484 e. The first-order valence-corrected chi connectivity index (χ1v) is 10.4. The second-order valence-electron chi connectivity index (χ2n) is 7.86. The van der Waals surface area contributed by atoms with Gasteiger partial charge in [-0.2, -0.15) is 5.10 Å². The number of hydrogen-bond acceptors (Lipinski definition) is 4. The zero-order valence-corrected chi connectivity index (χ0v) is 17.4. The third-order valence-electron chi connectivity index (χ3n) is 5.61. The number of amides is 1. The number of carbonyl (C=O) groups is 1. The highest BCUT2D eigenvalue weighted by atomic mass is 19.1. The Kier molecular flexibility index (Phi) is 6.16. The number of likely N-dealkylation sites (tertiary alicyclic amines) is 1. The number of aromatic amines is 1. The fourth-order valence-corrected chi connectivity index (χ4v) is 3.90. The van der Waals surface area contributed by atoms with Gasteiger partial charge in [0.05, 0.1) is 6.54 Å². The highest BCUT2D eigenvalue weighted by molar-refractivity contribution is 5.77. The number of ether oxygens (including phenoxy) is 1. The molecule has 1 aliphatic heterocycles. The second kappa shape index (κ2) is 9.16. The van der Waals surface area contributed by atoms with Crippen LogP contribution in [0.25, 0.3) is 0 Å². The van der Waals surface area contributed by atoms with Gasteiger partial charge in [0.15, 0.2) is 6.61 Å². The zero-order valence-electron chi connectivity index (χ0n) is 17.4. The van der Waals surface area contributed by atoms with E-state index in [4.69, 9.17) is 4.74 Å². The van der Waals surface area contributed by atoms with Crippen molar-refractivity contribution in [2.24, 2.45) is 0 Å². The maximum atomic E-state index is 13.2. The van der Waals surface area contributed by atoms with Crippen LogP contribution in [0.15, 0.2) is 53.3 Å². The van der Waals surface area contributed by atoms with E-state index in [1.807, 2.05) is 31.2 Å². The normalized spacial score (nSPS) is 14.6. The fraction of sp³-hybridized carbons (Fsp3) is 0.348. The minimum absolute atomic E-state index is 0.00575. The maximum absolute atomic E-state index is 13.2. The summed E-state index contributed by atoms with van der Waals surface area (Å²) >= 11 is 0. The van der Waals surface area contributed by atoms with E-state index in [2.05, 4.69) is 10.2 Å². The summed E-state index contributed by atoms with van der Waals surface area (Å²) in [4.78, 5) is 26.6. The molecule has 1 fully saturated rings. The summed E-state index contributed by atoms with van der Waals surface area (Å²) in [5.74, 6) is 1.07. The number of benzene rings is 2. The van der Waals surface area contributed by atoms with Gasteiger partial charge in [0.2, 0.25) is 0 Å². The minimum atomic E-state index is -0.313. The van der Waals surface area contributed by atoms with E-state index < -0.39 is 0 Å². The lowest BCUT2D eigenvalue weighted by Crippen LogP contribution is -2.41. The summed E-state index contributed by atoms with van der Waals surface area (Å²) in [6.07, 6.45) is 1.42. The van der Waals surface area contributed by atoms with Crippen LogP contribution in [0.2, 0.25) is 0 Å². The van der Waals surface area contributed by atoms with Crippen LogP contribution in [-0.2, 0) is 11.3 Å². The van der Waals surface area contributed by atoms with Crippen molar-refractivity contribution in [3.05, 3.63) is 81.8 Å². The summed E-state index contributed by atoms with van der Waals surface area (Å²) < 4.78 is 20.4. The van der Waals surface area contributed by atoms with Crippen LogP contribution >= 0.6 is 0 Å². The summed E-state index contributed by atoms with van der Waals surface area (Å²) in [5, 5.41) is 6.76. The molecule has 8 heteroatoms. The standard InChI is InChI=1S/C23H25FN4O3/c1-16-3-2-4-20(13-16)31-15-21(29)27-11-9-18(10-12-27)22-25-26-23(30)28(22)14-17-5-7-19(24)8-6-17/h2-8,13,18H,9-12,14-15H2,1H3,(H,26,30). The maximum Gasteiger partial charge on any atom is 0.343 e. The molecule has 2 aromatic carbocycles. The van der Waals surface area contributed by atoms with Crippen molar-refractivity contribution < 1.29 is 13.9 Å². The number of aromatic nitrogens is 3. The van der Waals surface area contributed by atoms with Gasteiger partial charge in [0.25, 0.3) is 5.91 Å². The third-order valence-corrected chi connectivity index (χ3v) is 5.61. The second-order valence-corrected chi connectivity index (χ2v) is 7.86. The Bertz CT molecular complexity index is 1100. The lowest BCUT2D eigenvalue weighted by Gasteiger charge is -2.31. The molecule has 1 aromatic heterocycles. The fourth-order valence-electron chi connectivity index (χ4n) is 3.90. The highest BCUT2D eigenvalue weighted by Crippen LogP contribution is 2.26. The zero-order chi connectivity index (χ0) is 21.8. The molecule has 7 nitrogen and oxygen atoms in total. The molecule has 0 spiro atoms. The van der Waals surface area contributed by atoms with Crippen LogP contribution in [0.1, 0.15) is 35.7 Å². The van der Waals surface area contributed by atoms with Crippen LogP contribution in [0.4, 0.5) is 4.39 Å². The van der Waals surface area contributed by atoms with Crippen molar-refractivity contribution >= 4 is 5.91 Å². The average molecular weight is 424 g/mol. The van der Waals surface area contributed by atoms with Gasteiger partial charge in [-0.3, -0.25) is 9.36 Å². The number of hydrogen-bond donors (Lipinski definition) is 1. The van der Waals surface area contributed by atoms with Crippen molar-refractivity contribution in [2.45, 2.75) is 32.2 Å². The van der Waals surface area contributed by atoms with E-state index in [9.17, 15) is 14.0 Å². The smallest absolute Gasteiger partial charge is 0.343 e. The van der Waals surface area contributed by atoms with E-state index in [0.29, 0.717) is 44.0 Å². The molecule has 0 saturated carbocycles. The Labute approximate surface area is 179 Å². The van der Waals surface area contributed by atoms with Gasteiger partial charge in [0.1, 0.15) is 17.4 Å². The Balaban J connectivity index is 1.35. The Morgan fingerprint density at radius 2 is 1.94 bits per heavy atom. The van der Waals surface area contributed by atoms with Gasteiger partial charge in [0, 0.05) is 19.0 Å². The molecule has 0 aliphatic carbocycles. The van der Waals surface area contributed by atoms with E-state index in [1.54, 1.807) is 21.6 Å². The molecular weight excluding hydrogens is 399 g/mol. The summed E-state index contributed by atoms with van der Waals surface area (Å²) in [6, 6.07) is 13.7. The number of rotatable bonds is 6. The largest absolute Gasteiger partial charge is 0.484 e. The number of piperidine rings is 1. The van der Waals surface area contributed by atoms with Crippen LogP contribution in [0.5, 0.6) is 5.75 Å². The summed E-state index contributed by atoms with van der Waals surface area (Å²) in [7, 11) is 0. The van der Waals surface area contributed by atoms with Crippen LogP contribution in [0.3, 0.4) is 0 Å². The highest BCUT2D eigenvalue weighted by Gasteiger charge is 2.27. The van der Waals surface area contributed by atoms with Crippen molar-refractivity contribution in [1.29, 1.82) is 0 Å². The molecule has 0 radical (unpaired) electrons. The number of nitrogens with one attached hydrogen (secondary N) is 1. The third kappa shape index (κ3) is 5.02. The Hall–Kier alpha value is -3.42. The number of carbonyl (C=O) groups excluding carboxylic acids is 1. The molecule has 0 unspecified atom stereocenters. The monoisotopic (exact) mass is 424 g/mol. The first-order chi connectivity index (χ1) is 15.0. The van der Waals surface area contributed by atoms with Crippen molar-refractivity contribution in [2.75, 3.05) is 19.7 Å². The summed E-state index contributed by atoms with van der Waals surface area (Å²) in [6.45, 7) is 3.47. The van der Waals surface area contributed by atoms with Gasteiger partial charge in [-0.25, -0.2) is 14.3 Å². The molecule has 3 aromatic rings. The quantitative estimate of drug-likeness (QED) is 0.660. The lowest BCUT2D eigenvalue weighted by atomic mass is 9.95. The van der Waals surface area contributed by atoms with Crippen molar-refractivity contribution in [3.63, 3.8) is 0 Å². The molecule has 2 heterocycles. The number of H-pyrrole nitrogens is 1. The van der Waals surface area contributed by atoms with Crippen molar-refractivity contribution in [3.8, 4) is 5.75 Å². The molecule has 162 valence electrons. The molecular formula is C23H25FN4O3. The molecule has 1 aliphatic rings. The van der Waals surface area contributed by atoms with Crippen LogP contribution in [-0.4, -0.2) is 45.3 Å². The molecule has 31 heavy (non-hydrogen) atoms. The van der Waals surface area contributed by atoms with Crippen LogP contribution in [0, 0.1) is 12.7 Å². The average Bonchev–Trinajstić information content (AvgIpc) is 3.14. The Morgan fingerprint density at radius 3 is 2.65 bits per heavy atom. The van der Waals surface area contributed by atoms with Crippen LogP contribution < -0.4 is 10.4 Å². The molecule has 4 rings (SSSR count). The lowest BCUT2D eigenvalue weighted by molar-refractivity contribution is -0.134. The van der Waals surface area contributed by atoms with E-state index in [1.165, 1.54) is 12.1 Å².